The van der Waals surface area contributed by atoms with Crippen LogP contribution in [0.2, 0.25) is 0 Å². The van der Waals surface area contributed by atoms with Crippen LogP contribution < -0.4 is 10.5 Å². The number of nitriles is 1. The molecule has 3 aromatic rings. The first-order chi connectivity index (χ1) is 13.5. The van der Waals surface area contributed by atoms with Gasteiger partial charge in [0.2, 0.25) is 0 Å². The normalized spacial score (nSPS) is 10.2. The standard InChI is InChI=1S/C22H19N3O3/c1-13-19(14-4-6-16(7-5-14)22(26)28-3)18(12-23)21(24)25-20(13)15-8-10-17(27-2)11-9-15/h4-11H,1-3H3,(H2,24,25). The summed E-state index contributed by atoms with van der Waals surface area (Å²) in [6, 6.07) is 16.5. The maximum absolute atomic E-state index is 11.7. The first-order valence-electron chi connectivity index (χ1n) is 8.53. The summed E-state index contributed by atoms with van der Waals surface area (Å²) >= 11 is 0. The molecule has 3 rings (SSSR count). The van der Waals surface area contributed by atoms with Gasteiger partial charge in [0, 0.05) is 11.1 Å². The van der Waals surface area contributed by atoms with Crippen LogP contribution in [0, 0.1) is 18.3 Å². The third-order valence-corrected chi connectivity index (χ3v) is 4.54. The van der Waals surface area contributed by atoms with Crippen molar-refractivity contribution in [2.24, 2.45) is 0 Å². The van der Waals surface area contributed by atoms with E-state index in [1.165, 1.54) is 7.11 Å². The quantitative estimate of drug-likeness (QED) is 0.695. The van der Waals surface area contributed by atoms with Crippen molar-refractivity contribution in [2.75, 3.05) is 20.0 Å². The molecule has 6 heteroatoms. The second-order valence-electron chi connectivity index (χ2n) is 6.13. The largest absolute Gasteiger partial charge is 0.497 e. The highest BCUT2D eigenvalue weighted by Crippen LogP contribution is 2.36. The number of carbonyl (C=O) groups is 1. The Morgan fingerprint density at radius 2 is 1.64 bits per heavy atom. The Kier molecular flexibility index (Phi) is 5.28. The molecule has 1 aromatic heterocycles. The molecule has 0 saturated heterocycles. The van der Waals surface area contributed by atoms with Crippen molar-refractivity contribution in [1.82, 2.24) is 4.98 Å². The zero-order valence-corrected chi connectivity index (χ0v) is 15.8. The van der Waals surface area contributed by atoms with Crippen LogP contribution in [-0.2, 0) is 4.74 Å². The van der Waals surface area contributed by atoms with Gasteiger partial charge in [-0.3, -0.25) is 0 Å². The molecule has 1 heterocycles. The van der Waals surface area contributed by atoms with Gasteiger partial charge in [0.15, 0.2) is 0 Å². The van der Waals surface area contributed by atoms with E-state index in [0.29, 0.717) is 22.4 Å². The maximum atomic E-state index is 11.7. The van der Waals surface area contributed by atoms with Gasteiger partial charge in [-0.15, -0.1) is 0 Å². The van der Waals surface area contributed by atoms with Crippen molar-refractivity contribution in [3.8, 4) is 34.2 Å². The van der Waals surface area contributed by atoms with Crippen molar-refractivity contribution in [3.05, 3.63) is 65.2 Å². The predicted molar refractivity (Wildman–Crippen MR) is 107 cm³/mol. The van der Waals surface area contributed by atoms with Crippen LogP contribution in [0.3, 0.4) is 0 Å². The van der Waals surface area contributed by atoms with Gasteiger partial charge in [-0.1, -0.05) is 12.1 Å². The molecule has 0 unspecified atom stereocenters. The highest BCUT2D eigenvalue weighted by atomic mass is 16.5. The third kappa shape index (κ3) is 3.38. The average Bonchev–Trinajstić information content (AvgIpc) is 2.74. The number of hydrogen-bond acceptors (Lipinski definition) is 6. The summed E-state index contributed by atoms with van der Waals surface area (Å²) in [5, 5.41) is 9.64. The van der Waals surface area contributed by atoms with E-state index in [2.05, 4.69) is 11.1 Å². The van der Waals surface area contributed by atoms with Crippen LogP contribution in [0.15, 0.2) is 48.5 Å². The first-order valence-corrected chi connectivity index (χ1v) is 8.53. The van der Waals surface area contributed by atoms with Crippen molar-refractivity contribution in [2.45, 2.75) is 6.92 Å². The Balaban J connectivity index is 2.18. The van der Waals surface area contributed by atoms with E-state index in [0.717, 1.165) is 22.4 Å². The number of esters is 1. The first kappa shape index (κ1) is 18.9. The predicted octanol–water partition coefficient (Wildman–Crippen LogP) is 3.97. The van der Waals surface area contributed by atoms with Crippen LogP contribution in [0.25, 0.3) is 22.4 Å². The molecule has 0 amide bonds. The lowest BCUT2D eigenvalue weighted by molar-refractivity contribution is 0.0601. The summed E-state index contributed by atoms with van der Waals surface area (Å²) in [6.07, 6.45) is 0. The fourth-order valence-corrected chi connectivity index (χ4v) is 3.09. The zero-order chi connectivity index (χ0) is 20.3. The number of nitrogens with two attached hydrogens (primary N) is 1. The molecule has 140 valence electrons. The Bertz CT molecular complexity index is 1070. The van der Waals surface area contributed by atoms with E-state index in [9.17, 15) is 10.1 Å². The van der Waals surface area contributed by atoms with Crippen molar-refractivity contribution in [3.63, 3.8) is 0 Å². The van der Waals surface area contributed by atoms with Crippen LogP contribution >= 0.6 is 0 Å². The molecular formula is C22H19N3O3. The summed E-state index contributed by atoms with van der Waals surface area (Å²) in [4.78, 5) is 16.1. The summed E-state index contributed by atoms with van der Waals surface area (Å²) in [5.74, 6) is 0.476. The van der Waals surface area contributed by atoms with Crippen LogP contribution in [0.4, 0.5) is 5.82 Å². The average molecular weight is 373 g/mol. The van der Waals surface area contributed by atoms with E-state index in [1.807, 2.05) is 31.2 Å². The van der Waals surface area contributed by atoms with Gasteiger partial charge in [0.25, 0.3) is 0 Å². The van der Waals surface area contributed by atoms with Gasteiger partial charge in [0.05, 0.1) is 25.5 Å². The van der Waals surface area contributed by atoms with Gasteiger partial charge in [-0.25, -0.2) is 9.78 Å². The minimum Gasteiger partial charge on any atom is -0.497 e. The Morgan fingerprint density at radius 3 is 2.18 bits per heavy atom. The van der Waals surface area contributed by atoms with Gasteiger partial charge in [-0.05, 0) is 54.4 Å². The van der Waals surface area contributed by atoms with Crippen LogP contribution in [-0.4, -0.2) is 25.2 Å². The molecule has 0 aliphatic rings. The molecule has 2 N–H and O–H groups in total. The van der Waals surface area contributed by atoms with Gasteiger partial charge in [-0.2, -0.15) is 5.26 Å². The summed E-state index contributed by atoms with van der Waals surface area (Å²) in [6.45, 7) is 1.90. The lowest BCUT2D eigenvalue weighted by Crippen LogP contribution is -2.04. The number of nitrogens with zero attached hydrogens (tertiary/aromatic N) is 2. The molecule has 0 spiro atoms. The number of ether oxygens (including phenoxy) is 2. The molecule has 0 atom stereocenters. The summed E-state index contributed by atoms with van der Waals surface area (Å²) in [5.41, 5.74) is 10.7. The fraction of sp³-hybridized carbons (Fsp3) is 0.136. The molecule has 6 nitrogen and oxygen atoms in total. The van der Waals surface area contributed by atoms with E-state index < -0.39 is 5.97 Å². The number of pyridine rings is 1. The SMILES string of the molecule is COC(=O)c1ccc(-c2c(C)c(-c3ccc(OC)cc3)nc(N)c2C#N)cc1. The molecule has 0 saturated carbocycles. The van der Waals surface area contributed by atoms with E-state index in [4.69, 9.17) is 15.2 Å². The minimum atomic E-state index is -0.419. The van der Waals surface area contributed by atoms with Crippen molar-refractivity contribution < 1.29 is 14.3 Å². The number of benzene rings is 2. The molecule has 0 radical (unpaired) electrons. The van der Waals surface area contributed by atoms with Gasteiger partial charge in [0.1, 0.15) is 23.2 Å². The smallest absolute Gasteiger partial charge is 0.337 e. The number of anilines is 1. The van der Waals surface area contributed by atoms with Crippen molar-refractivity contribution >= 4 is 11.8 Å². The Hall–Kier alpha value is -3.85. The summed E-state index contributed by atoms with van der Waals surface area (Å²) in [7, 11) is 2.94. The van der Waals surface area contributed by atoms with Crippen LogP contribution in [0.5, 0.6) is 5.75 Å². The highest BCUT2D eigenvalue weighted by Gasteiger charge is 2.19. The second-order valence-corrected chi connectivity index (χ2v) is 6.13. The number of methoxy groups -OCH3 is 2. The topological polar surface area (TPSA) is 98.2 Å². The fourth-order valence-electron chi connectivity index (χ4n) is 3.09. The highest BCUT2D eigenvalue weighted by molar-refractivity contribution is 5.91. The lowest BCUT2D eigenvalue weighted by Gasteiger charge is -2.15. The van der Waals surface area contributed by atoms with E-state index in [-0.39, 0.29) is 5.82 Å². The Labute approximate surface area is 163 Å². The third-order valence-electron chi connectivity index (χ3n) is 4.54. The Morgan fingerprint density at radius 1 is 1.04 bits per heavy atom. The van der Waals surface area contributed by atoms with Crippen LogP contribution in [0.1, 0.15) is 21.5 Å². The minimum absolute atomic E-state index is 0.158. The van der Waals surface area contributed by atoms with Gasteiger partial charge >= 0.3 is 5.97 Å². The van der Waals surface area contributed by atoms with E-state index >= 15 is 0 Å². The second kappa shape index (κ2) is 7.80. The number of rotatable bonds is 4. The molecule has 0 aliphatic carbocycles. The van der Waals surface area contributed by atoms with Crippen molar-refractivity contribution in [1.29, 1.82) is 5.26 Å². The number of aromatic nitrogens is 1. The molecular weight excluding hydrogens is 354 g/mol. The monoisotopic (exact) mass is 373 g/mol. The number of hydrogen-bond donors (Lipinski definition) is 1. The summed E-state index contributed by atoms with van der Waals surface area (Å²) < 4.78 is 9.94. The molecule has 0 fully saturated rings. The molecule has 28 heavy (non-hydrogen) atoms. The number of nitrogen functional groups attached to an aromatic ring is 1. The molecule has 0 bridgehead atoms. The maximum Gasteiger partial charge on any atom is 0.337 e. The van der Waals surface area contributed by atoms with E-state index in [1.54, 1.807) is 31.4 Å². The molecule has 2 aromatic carbocycles. The number of carbonyl (C=O) groups excluding carboxylic acids is 1. The molecule has 0 aliphatic heterocycles. The zero-order valence-electron chi connectivity index (χ0n) is 15.8. The lowest BCUT2D eigenvalue weighted by atomic mass is 9.92. The van der Waals surface area contributed by atoms with Gasteiger partial charge < -0.3 is 15.2 Å².